The van der Waals surface area contributed by atoms with Crippen molar-refractivity contribution < 1.29 is 9.09 Å². The molecule has 2 unspecified atom stereocenters. The molecule has 0 rings (SSSR count). The zero-order chi connectivity index (χ0) is 17.4. The number of hydrogen-bond donors (Lipinski definition) is 0. The summed E-state index contributed by atoms with van der Waals surface area (Å²) in [6.07, 6.45) is 5.47. The largest absolute Gasteiger partial charge is 0.349 e. The van der Waals surface area contributed by atoms with E-state index in [4.69, 9.17) is 4.52 Å². The predicted molar refractivity (Wildman–Crippen MR) is 96.9 cm³/mol. The second-order valence-electron chi connectivity index (χ2n) is 6.54. The molecule has 0 aromatic carbocycles. The maximum atomic E-state index is 13.2. The van der Waals surface area contributed by atoms with E-state index in [1.807, 2.05) is 44.9 Å². The monoisotopic (exact) mass is 333 g/mol. The summed E-state index contributed by atoms with van der Waals surface area (Å²) < 4.78 is 23.9. The molecule has 0 N–H and O–H groups in total. The highest BCUT2D eigenvalue weighted by Gasteiger charge is 2.34. The average Bonchev–Trinajstić information content (AvgIpc) is 2.42. The molecule has 0 aromatic heterocycles. The maximum absolute atomic E-state index is 13.2. The van der Waals surface area contributed by atoms with Gasteiger partial charge >= 0.3 is 7.52 Å². The van der Waals surface area contributed by atoms with Crippen LogP contribution in [0.4, 0.5) is 0 Å². The van der Waals surface area contributed by atoms with Crippen LogP contribution in [-0.4, -0.2) is 55.7 Å². The quantitative estimate of drug-likeness (QED) is 0.355. The van der Waals surface area contributed by atoms with Gasteiger partial charge in [0, 0.05) is 34.4 Å². The summed E-state index contributed by atoms with van der Waals surface area (Å²) in [4.78, 5) is 3.74. The van der Waals surface area contributed by atoms with Gasteiger partial charge in [-0.2, -0.15) is 4.76 Å². The van der Waals surface area contributed by atoms with Crippen molar-refractivity contribution in [2.75, 3.05) is 34.4 Å². The fourth-order valence-electron chi connectivity index (χ4n) is 2.51. The first kappa shape index (κ1) is 21.5. The van der Waals surface area contributed by atoms with Gasteiger partial charge in [0.15, 0.2) is 0 Å². The molecule has 5 nitrogen and oxygen atoms in total. The molecule has 2 atom stereocenters. The number of hydrogen-bond acceptors (Lipinski definition) is 2. The highest BCUT2D eigenvalue weighted by molar-refractivity contribution is 7.57. The summed E-state index contributed by atoms with van der Waals surface area (Å²) in [6, 6.07) is 0. The molecule has 0 radical (unpaired) electrons. The lowest BCUT2D eigenvalue weighted by molar-refractivity contribution is 0.0698. The van der Waals surface area contributed by atoms with E-state index in [0.717, 1.165) is 32.1 Å². The Morgan fingerprint density at radius 3 is 1.95 bits per heavy atom. The van der Waals surface area contributed by atoms with Gasteiger partial charge < -0.3 is 14.3 Å². The lowest BCUT2D eigenvalue weighted by Gasteiger charge is -2.33. The van der Waals surface area contributed by atoms with Crippen LogP contribution in [0.2, 0.25) is 0 Å². The molecule has 0 heterocycles. The first-order valence-electron chi connectivity index (χ1n) is 8.37. The van der Waals surface area contributed by atoms with Crippen LogP contribution in [0.25, 0.3) is 0 Å². The van der Waals surface area contributed by atoms with E-state index in [1.165, 1.54) is 0 Å². The summed E-state index contributed by atoms with van der Waals surface area (Å²) in [5, 5.41) is 0. The van der Waals surface area contributed by atoms with E-state index in [0.29, 0.717) is 12.1 Å². The van der Waals surface area contributed by atoms with Crippen LogP contribution in [0.15, 0.2) is 4.76 Å². The molecular formula is C16H36N3O2P. The van der Waals surface area contributed by atoms with Crippen molar-refractivity contribution in [3.63, 3.8) is 0 Å². The second kappa shape index (κ2) is 9.57. The Morgan fingerprint density at radius 1 is 1.05 bits per heavy atom. The highest BCUT2D eigenvalue weighted by Crippen LogP contribution is 2.53. The predicted octanol–water partition coefficient (Wildman–Crippen LogP) is 4.44. The summed E-state index contributed by atoms with van der Waals surface area (Å²) in [5.74, 6) is 0.680. The zero-order valence-electron chi connectivity index (χ0n) is 15.8. The van der Waals surface area contributed by atoms with Gasteiger partial charge in [0.2, 0.25) is 5.96 Å². The minimum atomic E-state index is -3.05. The van der Waals surface area contributed by atoms with Crippen molar-refractivity contribution >= 4 is 13.5 Å². The molecule has 132 valence electrons. The Labute approximate surface area is 137 Å². The van der Waals surface area contributed by atoms with Gasteiger partial charge in [-0.1, -0.05) is 40.0 Å². The summed E-state index contributed by atoms with van der Waals surface area (Å²) in [6.45, 7) is 8.27. The van der Waals surface area contributed by atoms with Crippen LogP contribution in [-0.2, 0) is 9.09 Å². The Bertz CT molecular complexity index is 387. The van der Waals surface area contributed by atoms with Gasteiger partial charge in [-0.05, 0) is 19.8 Å². The minimum absolute atomic E-state index is 0.358. The molecule has 0 aromatic rings. The van der Waals surface area contributed by atoms with Crippen molar-refractivity contribution in [1.29, 1.82) is 0 Å². The lowest BCUT2D eigenvalue weighted by atomic mass is 9.94. The van der Waals surface area contributed by atoms with Gasteiger partial charge in [-0.3, -0.25) is 4.57 Å². The van der Waals surface area contributed by atoms with Crippen LogP contribution in [0.5, 0.6) is 0 Å². The standard InChI is InChI=1S/C16H36N3O2P/c1-9-12-14-16(4,13-10-2)21-22(20,11-3)17-15(18(5)6)19(7)8/h9-14H2,1-8H3. The molecule has 0 saturated carbocycles. The Balaban J connectivity index is 5.42. The van der Waals surface area contributed by atoms with E-state index in [1.54, 1.807) is 0 Å². The van der Waals surface area contributed by atoms with Crippen molar-refractivity contribution in [2.45, 2.75) is 65.4 Å². The third-order valence-electron chi connectivity index (χ3n) is 3.64. The fraction of sp³-hybridized carbons (Fsp3) is 0.938. The Kier molecular flexibility index (Phi) is 9.33. The van der Waals surface area contributed by atoms with Crippen LogP contribution >= 0.6 is 7.52 Å². The van der Waals surface area contributed by atoms with Gasteiger partial charge in [-0.15, -0.1) is 0 Å². The normalized spacial score (nSPS) is 16.5. The second-order valence-corrected chi connectivity index (χ2v) is 8.83. The van der Waals surface area contributed by atoms with Gasteiger partial charge in [0.1, 0.15) is 0 Å². The molecule has 22 heavy (non-hydrogen) atoms. The van der Waals surface area contributed by atoms with Crippen molar-refractivity contribution in [1.82, 2.24) is 9.80 Å². The molecule has 0 bridgehead atoms. The van der Waals surface area contributed by atoms with Crippen LogP contribution in [0.1, 0.15) is 59.8 Å². The molecule has 0 aliphatic rings. The zero-order valence-corrected chi connectivity index (χ0v) is 16.7. The average molecular weight is 333 g/mol. The minimum Gasteiger partial charge on any atom is -0.349 e. The number of rotatable bonds is 9. The SMILES string of the molecule is CCCCC(C)(CCC)OP(=O)(CC)N=C(N(C)C)N(C)C. The molecule has 0 aliphatic carbocycles. The summed E-state index contributed by atoms with van der Waals surface area (Å²) in [5.41, 5.74) is -0.358. The number of guanidine groups is 1. The van der Waals surface area contributed by atoms with E-state index in [-0.39, 0.29) is 5.60 Å². The Hall–Kier alpha value is -0.540. The molecular weight excluding hydrogens is 297 g/mol. The highest BCUT2D eigenvalue weighted by atomic mass is 31.2. The molecule has 0 aliphatic heterocycles. The Morgan fingerprint density at radius 2 is 1.59 bits per heavy atom. The van der Waals surface area contributed by atoms with Crippen molar-refractivity contribution in [3.05, 3.63) is 0 Å². The van der Waals surface area contributed by atoms with Gasteiger partial charge in [0.25, 0.3) is 0 Å². The first-order chi connectivity index (χ1) is 10.1. The van der Waals surface area contributed by atoms with Gasteiger partial charge in [-0.25, -0.2) is 0 Å². The van der Waals surface area contributed by atoms with Crippen LogP contribution in [0.3, 0.4) is 0 Å². The third-order valence-corrected chi connectivity index (χ3v) is 5.65. The smallest absolute Gasteiger partial charge is 0.317 e. The maximum Gasteiger partial charge on any atom is 0.317 e. The number of unbranched alkanes of at least 4 members (excludes halogenated alkanes) is 1. The summed E-state index contributed by atoms with van der Waals surface area (Å²) >= 11 is 0. The van der Waals surface area contributed by atoms with E-state index < -0.39 is 7.52 Å². The molecule has 0 spiro atoms. The van der Waals surface area contributed by atoms with Crippen molar-refractivity contribution in [3.8, 4) is 0 Å². The topological polar surface area (TPSA) is 45.1 Å². The fourth-order valence-corrected chi connectivity index (χ4v) is 4.32. The molecule has 6 heteroatoms. The van der Waals surface area contributed by atoms with E-state index in [2.05, 4.69) is 25.5 Å². The molecule has 0 fully saturated rings. The third kappa shape index (κ3) is 7.15. The van der Waals surface area contributed by atoms with Crippen molar-refractivity contribution in [2.24, 2.45) is 4.76 Å². The molecule has 0 saturated heterocycles. The molecule has 0 amide bonds. The van der Waals surface area contributed by atoms with Gasteiger partial charge in [0.05, 0.1) is 5.60 Å². The van der Waals surface area contributed by atoms with Crippen LogP contribution < -0.4 is 0 Å². The van der Waals surface area contributed by atoms with E-state index in [9.17, 15) is 4.57 Å². The lowest BCUT2D eigenvalue weighted by Crippen LogP contribution is -2.36. The summed E-state index contributed by atoms with van der Waals surface area (Å²) in [7, 11) is 4.56. The van der Waals surface area contributed by atoms with E-state index >= 15 is 0 Å². The first-order valence-corrected chi connectivity index (χ1v) is 10.1. The van der Waals surface area contributed by atoms with Crippen LogP contribution in [0, 0.1) is 0 Å². The number of nitrogens with zero attached hydrogens (tertiary/aromatic N) is 3.